The Labute approximate surface area is 238 Å². The molecule has 0 bridgehead atoms. The largest absolute Gasteiger partial charge is 0.451 e. The summed E-state index contributed by atoms with van der Waals surface area (Å²) in [5.74, 6) is -2.41. The molecule has 0 N–H and O–H groups in total. The van der Waals surface area contributed by atoms with Crippen LogP contribution in [0.25, 0.3) is 11.3 Å². The number of hydrogen-bond acceptors (Lipinski definition) is 7. The number of hydrogen-bond donors (Lipinski definition) is 0. The molecule has 3 heterocycles. The number of carbonyl (C=O) groups excluding carboxylic acids is 1. The molecule has 0 aliphatic carbocycles. The maximum atomic E-state index is 14.9. The van der Waals surface area contributed by atoms with Crippen molar-refractivity contribution in [2.45, 2.75) is 56.1 Å². The lowest BCUT2D eigenvalue weighted by atomic mass is 10.1. The number of thioether (sulfide) groups is 1. The van der Waals surface area contributed by atoms with E-state index in [9.17, 15) is 35.2 Å². The van der Waals surface area contributed by atoms with E-state index in [1.165, 1.54) is 29.8 Å². The number of carbonyl (C=O) groups is 1. The number of alkyl halides is 4. The molecule has 15 heteroatoms. The molecule has 0 saturated carbocycles. The van der Waals surface area contributed by atoms with Crippen molar-refractivity contribution in [1.82, 2.24) is 24.2 Å². The fraction of sp³-hybridized carbons (Fsp3) is 0.385. The van der Waals surface area contributed by atoms with Gasteiger partial charge in [-0.25, -0.2) is 27.2 Å². The lowest BCUT2D eigenvalue weighted by Crippen LogP contribution is -2.49. The number of nitrogens with zero attached hydrogens (tertiary/aromatic N) is 5. The molecule has 41 heavy (non-hydrogen) atoms. The first-order valence-corrected chi connectivity index (χ1v) is 15.1. The number of amides is 1. The Bertz CT molecular complexity index is 1510. The minimum absolute atomic E-state index is 0.00517. The summed E-state index contributed by atoms with van der Waals surface area (Å²) >= 11 is 1.29. The molecule has 1 aliphatic heterocycles. The summed E-state index contributed by atoms with van der Waals surface area (Å²) in [4.78, 5) is 25.9. The van der Waals surface area contributed by atoms with Crippen LogP contribution in [0, 0.1) is 12.7 Å². The standard InChI is InChI=1S/C26H26F5N5O3S2/c1-15-10-32-22(18-11-33-25(34-12-18)26(29,30)31)8-17(15)13-35(14-40-3)24(37)23-9-21(28)16(2)36(23)41(38,39)20-6-4-19(27)5-7-20/h4-8,10-12,16,21,23H,9,13-14H2,1-3H3/t16-,21+,23-/m0/s1. The predicted octanol–water partition coefficient (Wildman–Crippen LogP) is 4.84. The number of benzene rings is 1. The van der Waals surface area contributed by atoms with E-state index in [1.54, 1.807) is 19.2 Å². The van der Waals surface area contributed by atoms with E-state index in [1.807, 2.05) is 0 Å². The Hall–Kier alpha value is -3.17. The molecule has 1 amide bonds. The van der Waals surface area contributed by atoms with Gasteiger partial charge in [-0.1, -0.05) is 0 Å². The smallest absolute Gasteiger partial charge is 0.328 e. The third-order valence-corrected chi connectivity index (χ3v) is 9.31. The second kappa shape index (κ2) is 12.0. The van der Waals surface area contributed by atoms with E-state index < -0.39 is 52.0 Å². The average Bonchev–Trinajstić information content (AvgIpc) is 3.23. The number of rotatable bonds is 8. The van der Waals surface area contributed by atoms with Crippen LogP contribution >= 0.6 is 11.8 Å². The van der Waals surface area contributed by atoms with E-state index in [4.69, 9.17) is 0 Å². The SMILES string of the molecule is CSCN(Cc1cc(-c2cnc(C(F)(F)F)nc2)ncc1C)C(=O)[C@@H]1C[C@@H](F)[C@H](C)N1S(=O)(=O)c1ccc(F)cc1. The van der Waals surface area contributed by atoms with Crippen LogP contribution in [0.4, 0.5) is 22.0 Å². The topological polar surface area (TPSA) is 96.4 Å². The Morgan fingerprint density at radius 1 is 1.12 bits per heavy atom. The molecule has 1 aromatic carbocycles. The summed E-state index contributed by atoms with van der Waals surface area (Å²) < 4.78 is 94.7. The van der Waals surface area contributed by atoms with Crippen molar-refractivity contribution in [3.8, 4) is 11.3 Å². The van der Waals surface area contributed by atoms with Crippen LogP contribution in [0.2, 0.25) is 0 Å². The first kappa shape index (κ1) is 30.8. The minimum atomic E-state index is -4.70. The monoisotopic (exact) mass is 615 g/mol. The van der Waals surface area contributed by atoms with Crippen LogP contribution in [-0.2, 0) is 27.5 Å². The van der Waals surface area contributed by atoms with Gasteiger partial charge in [0.25, 0.3) is 0 Å². The van der Waals surface area contributed by atoms with Crippen molar-refractivity contribution < 1.29 is 35.2 Å². The van der Waals surface area contributed by atoms with E-state index in [2.05, 4.69) is 15.0 Å². The molecular formula is C26H26F5N5O3S2. The van der Waals surface area contributed by atoms with Gasteiger partial charge in [-0.05, 0) is 61.6 Å². The summed E-state index contributed by atoms with van der Waals surface area (Å²) in [6.45, 7) is 3.11. The number of pyridine rings is 1. The van der Waals surface area contributed by atoms with Gasteiger partial charge in [0, 0.05) is 37.1 Å². The van der Waals surface area contributed by atoms with Crippen LogP contribution in [0.1, 0.15) is 30.3 Å². The van der Waals surface area contributed by atoms with E-state index in [0.29, 0.717) is 11.1 Å². The van der Waals surface area contributed by atoms with Crippen LogP contribution < -0.4 is 0 Å². The molecule has 220 valence electrons. The highest BCUT2D eigenvalue weighted by Gasteiger charge is 2.50. The van der Waals surface area contributed by atoms with Crippen LogP contribution in [-0.4, -0.2) is 68.9 Å². The Kier molecular flexibility index (Phi) is 8.99. The van der Waals surface area contributed by atoms with Gasteiger partial charge in [0.15, 0.2) is 0 Å². The molecule has 4 rings (SSSR count). The minimum Gasteiger partial charge on any atom is -0.328 e. The fourth-order valence-corrected chi connectivity index (χ4v) is 6.88. The van der Waals surface area contributed by atoms with Gasteiger partial charge < -0.3 is 4.90 Å². The van der Waals surface area contributed by atoms with Crippen molar-refractivity contribution in [3.63, 3.8) is 0 Å². The fourth-order valence-electron chi connectivity index (χ4n) is 4.54. The summed E-state index contributed by atoms with van der Waals surface area (Å²) in [5, 5.41) is 0. The van der Waals surface area contributed by atoms with Gasteiger partial charge in [-0.15, -0.1) is 11.8 Å². The Morgan fingerprint density at radius 3 is 2.34 bits per heavy atom. The third-order valence-electron chi connectivity index (χ3n) is 6.73. The number of aryl methyl sites for hydroxylation is 1. The molecule has 1 saturated heterocycles. The van der Waals surface area contributed by atoms with Gasteiger partial charge >= 0.3 is 6.18 Å². The highest BCUT2D eigenvalue weighted by atomic mass is 32.2. The highest BCUT2D eigenvalue weighted by molar-refractivity contribution is 7.98. The van der Waals surface area contributed by atoms with E-state index >= 15 is 0 Å². The third kappa shape index (κ3) is 6.51. The number of aromatic nitrogens is 3. The molecule has 3 aromatic rings. The van der Waals surface area contributed by atoms with Crippen LogP contribution in [0.3, 0.4) is 0 Å². The predicted molar refractivity (Wildman–Crippen MR) is 142 cm³/mol. The normalized spacial score (nSPS) is 19.9. The number of halogens is 5. The lowest BCUT2D eigenvalue weighted by Gasteiger charge is -2.31. The molecule has 8 nitrogen and oxygen atoms in total. The van der Waals surface area contributed by atoms with Crippen molar-refractivity contribution in [3.05, 3.63) is 71.7 Å². The first-order valence-electron chi connectivity index (χ1n) is 12.3. The average molecular weight is 616 g/mol. The molecule has 2 aromatic heterocycles. The maximum Gasteiger partial charge on any atom is 0.451 e. The second-order valence-corrected chi connectivity index (χ2v) is 12.2. The van der Waals surface area contributed by atoms with Gasteiger partial charge in [0.1, 0.15) is 18.0 Å². The zero-order chi connectivity index (χ0) is 30.1. The molecule has 0 radical (unpaired) electrons. The van der Waals surface area contributed by atoms with Gasteiger partial charge in [-0.3, -0.25) is 9.78 Å². The van der Waals surface area contributed by atoms with Crippen LogP contribution in [0.5, 0.6) is 0 Å². The van der Waals surface area contributed by atoms with Crippen molar-refractivity contribution in [2.75, 3.05) is 12.1 Å². The zero-order valence-electron chi connectivity index (χ0n) is 22.1. The van der Waals surface area contributed by atoms with Gasteiger partial charge in [0.05, 0.1) is 22.5 Å². The van der Waals surface area contributed by atoms with Crippen LogP contribution in [0.15, 0.2) is 53.8 Å². The highest BCUT2D eigenvalue weighted by Crippen LogP contribution is 2.35. The Balaban J connectivity index is 1.64. The maximum absolute atomic E-state index is 14.9. The van der Waals surface area contributed by atoms with Crippen molar-refractivity contribution in [1.29, 1.82) is 0 Å². The summed E-state index contributed by atoms with van der Waals surface area (Å²) in [6, 6.07) is 3.19. The second-order valence-electron chi connectivity index (χ2n) is 9.54. The first-order chi connectivity index (χ1) is 19.2. The number of sulfonamides is 1. The molecule has 1 fully saturated rings. The van der Waals surface area contributed by atoms with Crippen molar-refractivity contribution >= 4 is 27.7 Å². The summed E-state index contributed by atoms with van der Waals surface area (Å²) in [6.07, 6.45) is -1.42. The summed E-state index contributed by atoms with van der Waals surface area (Å²) in [7, 11) is -4.35. The van der Waals surface area contributed by atoms with Gasteiger partial charge in [0.2, 0.25) is 21.8 Å². The van der Waals surface area contributed by atoms with E-state index in [0.717, 1.165) is 41.0 Å². The quantitative estimate of drug-likeness (QED) is 0.264. The molecule has 0 unspecified atom stereocenters. The molecule has 0 spiro atoms. The van der Waals surface area contributed by atoms with Gasteiger partial charge in [-0.2, -0.15) is 17.5 Å². The zero-order valence-corrected chi connectivity index (χ0v) is 23.8. The molecule has 1 aliphatic rings. The lowest BCUT2D eigenvalue weighted by molar-refractivity contribution is -0.145. The molecular weight excluding hydrogens is 589 g/mol. The Morgan fingerprint density at radius 2 is 1.76 bits per heavy atom. The summed E-state index contributed by atoms with van der Waals surface area (Å²) in [5.41, 5.74) is 1.76. The van der Waals surface area contributed by atoms with Crippen molar-refractivity contribution in [2.24, 2.45) is 0 Å². The van der Waals surface area contributed by atoms with E-state index in [-0.39, 0.29) is 35.0 Å². The molecule has 3 atom stereocenters.